The minimum Gasteiger partial charge on any atom is -0.501 e. The molecule has 3 N–H and O–H groups in total. The van der Waals surface area contributed by atoms with E-state index in [4.69, 9.17) is 0 Å². The summed E-state index contributed by atoms with van der Waals surface area (Å²) in [6.45, 7) is 5.86. The maximum Gasteiger partial charge on any atom is 0.296 e. The molecule has 5 rings (SSSR count). The van der Waals surface area contributed by atoms with E-state index in [1.165, 1.54) is 29.3 Å². The Labute approximate surface area is 214 Å². The van der Waals surface area contributed by atoms with E-state index in [9.17, 15) is 19.1 Å². The molecule has 0 saturated heterocycles. The number of hydrogen-bond acceptors (Lipinski definition) is 7. The Hall–Kier alpha value is -3.82. The lowest BCUT2D eigenvalue weighted by atomic mass is 9.86. The molecule has 2 atom stereocenters. The summed E-state index contributed by atoms with van der Waals surface area (Å²) in [5, 5.41) is 25.6. The lowest BCUT2D eigenvalue weighted by Gasteiger charge is -2.34. The molecule has 2 saturated carbocycles. The van der Waals surface area contributed by atoms with Crippen LogP contribution in [0.4, 0.5) is 4.39 Å². The molecule has 2 unspecified atom stereocenters. The van der Waals surface area contributed by atoms with Crippen LogP contribution in [0.5, 0.6) is 5.75 Å². The van der Waals surface area contributed by atoms with E-state index in [1.54, 1.807) is 12.1 Å². The Morgan fingerprint density at radius 3 is 2.54 bits per heavy atom. The highest BCUT2D eigenvalue weighted by molar-refractivity contribution is 6.09. The first kappa shape index (κ1) is 24.9. The summed E-state index contributed by atoms with van der Waals surface area (Å²) in [5.41, 5.74) is 2.94. The van der Waals surface area contributed by atoms with Crippen molar-refractivity contribution in [2.24, 2.45) is 29.1 Å². The van der Waals surface area contributed by atoms with E-state index in [2.05, 4.69) is 25.8 Å². The molecular formula is C27H31FN6O3. The van der Waals surface area contributed by atoms with Crippen LogP contribution in [0.2, 0.25) is 0 Å². The summed E-state index contributed by atoms with van der Waals surface area (Å²) in [6.07, 6.45) is 4.08. The molecule has 3 aliphatic rings. The molecule has 2 heterocycles. The van der Waals surface area contributed by atoms with Gasteiger partial charge in [0.05, 0.1) is 16.9 Å². The van der Waals surface area contributed by atoms with Crippen LogP contribution >= 0.6 is 0 Å². The molecule has 2 aliphatic carbocycles. The maximum atomic E-state index is 13.2. The topological polar surface area (TPSA) is 121 Å². The van der Waals surface area contributed by atoms with Gasteiger partial charge in [-0.1, -0.05) is 12.1 Å². The first-order valence-electron chi connectivity index (χ1n) is 12.5. The number of carbonyl (C=O) groups excluding carboxylic acids is 1. The second-order valence-corrected chi connectivity index (χ2v) is 10.6. The second kappa shape index (κ2) is 9.24. The minimum absolute atomic E-state index is 0.0883. The van der Waals surface area contributed by atoms with Crippen molar-refractivity contribution in [2.45, 2.75) is 58.5 Å². The smallest absolute Gasteiger partial charge is 0.296 e. The summed E-state index contributed by atoms with van der Waals surface area (Å²) >= 11 is 0. The van der Waals surface area contributed by atoms with E-state index in [-0.39, 0.29) is 18.1 Å². The zero-order valence-electron chi connectivity index (χ0n) is 21.4. The van der Waals surface area contributed by atoms with Gasteiger partial charge in [0.15, 0.2) is 5.69 Å². The molecule has 0 bridgehead atoms. The fourth-order valence-electron chi connectivity index (χ4n) is 4.96. The first-order valence-corrected chi connectivity index (χ1v) is 12.5. The average molecular weight is 507 g/mol. The molecule has 1 aromatic heterocycles. The van der Waals surface area contributed by atoms with Gasteiger partial charge in [-0.25, -0.2) is 9.37 Å². The Bertz CT molecular complexity index is 1410. The molecular weight excluding hydrogens is 475 g/mol. The zero-order chi connectivity index (χ0) is 26.5. The van der Waals surface area contributed by atoms with Crippen LogP contribution in [0.3, 0.4) is 0 Å². The van der Waals surface area contributed by atoms with Gasteiger partial charge in [-0.3, -0.25) is 14.2 Å². The van der Waals surface area contributed by atoms with Crippen molar-refractivity contribution < 1.29 is 14.3 Å². The van der Waals surface area contributed by atoms with Crippen LogP contribution in [-0.4, -0.2) is 32.0 Å². The quantitative estimate of drug-likeness (QED) is 0.532. The van der Waals surface area contributed by atoms with Gasteiger partial charge in [0, 0.05) is 31.1 Å². The van der Waals surface area contributed by atoms with Crippen LogP contribution in [0, 0.1) is 17.7 Å². The van der Waals surface area contributed by atoms with E-state index in [0.29, 0.717) is 23.2 Å². The summed E-state index contributed by atoms with van der Waals surface area (Å²) < 4.78 is 14.4. The van der Waals surface area contributed by atoms with E-state index in [0.717, 1.165) is 42.8 Å². The third kappa shape index (κ3) is 4.68. The number of fused-ring (bicyclic) bond motifs is 1. The van der Waals surface area contributed by atoms with E-state index >= 15 is 0 Å². The van der Waals surface area contributed by atoms with Gasteiger partial charge in [0.1, 0.15) is 11.6 Å². The normalized spacial score (nSPS) is 20.3. The molecule has 0 radical (unpaired) electrons. The van der Waals surface area contributed by atoms with Crippen molar-refractivity contribution in [1.29, 1.82) is 0 Å². The van der Waals surface area contributed by atoms with Crippen LogP contribution < -0.4 is 16.2 Å². The number of rotatable bonds is 7. The van der Waals surface area contributed by atoms with Gasteiger partial charge in [-0.05, 0) is 69.7 Å². The van der Waals surface area contributed by atoms with Crippen LogP contribution in [-0.2, 0) is 19.1 Å². The van der Waals surface area contributed by atoms with Crippen molar-refractivity contribution >= 4 is 17.3 Å². The monoisotopic (exact) mass is 506 g/mol. The fraction of sp³-hybridized carbons (Fsp3) is 0.444. The first-order chi connectivity index (χ1) is 17.6. The molecule has 194 valence electrons. The van der Waals surface area contributed by atoms with Crippen LogP contribution in [0.1, 0.15) is 68.3 Å². The molecule has 1 amide bonds. The van der Waals surface area contributed by atoms with Crippen molar-refractivity contribution in [3.8, 4) is 5.75 Å². The number of amides is 1. The van der Waals surface area contributed by atoms with Crippen LogP contribution in [0.15, 0.2) is 50.5 Å². The Kier molecular flexibility index (Phi) is 6.21. The Morgan fingerprint density at radius 1 is 1.19 bits per heavy atom. The Morgan fingerprint density at radius 2 is 1.89 bits per heavy atom. The molecule has 10 heteroatoms. The third-order valence-electron chi connectivity index (χ3n) is 7.41. The predicted octanol–water partition coefficient (Wildman–Crippen LogP) is 3.28. The average Bonchev–Trinajstić information content (AvgIpc) is 3.62. The van der Waals surface area contributed by atoms with E-state index in [1.807, 2.05) is 20.8 Å². The van der Waals surface area contributed by atoms with Gasteiger partial charge in [-0.2, -0.15) is 10.2 Å². The number of allylic oxidation sites excluding steroid dienone is 2. The molecule has 2 fully saturated rings. The lowest BCUT2D eigenvalue weighted by molar-refractivity contribution is 0.0941. The highest BCUT2D eigenvalue weighted by Gasteiger charge is 2.47. The van der Waals surface area contributed by atoms with Crippen molar-refractivity contribution in [3.63, 3.8) is 0 Å². The molecule has 1 aliphatic heterocycles. The van der Waals surface area contributed by atoms with Crippen molar-refractivity contribution in [3.05, 3.63) is 68.8 Å². The fourth-order valence-corrected chi connectivity index (χ4v) is 4.96. The van der Waals surface area contributed by atoms with Gasteiger partial charge in [0.25, 0.3) is 11.5 Å². The lowest BCUT2D eigenvalue weighted by Crippen LogP contribution is -2.45. The number of hydrogen-bond donors (Lipinski definition) is 3. The molecule has 1 aromatic carbocycles. The number of nitrogens with one attached hydrogen (secondary N) is 2. The highest BCUT2D eigenvalue weighted by Crippen LogP contribution is 2.46. The number of aromatic nitrogens is 2. The SMILES string of the molecule is CC1=NN=C(C(NC(C)(C)c2nc(C(=O)NCc3ccc(F)cc3)c(O)c(=O)n2C)=C2CCC2)C2CC12. The van der Waals surface area contributed by atoms with Gasteiger partial charge >= 0.3 is 0 Å². The summed E-state index contributed by atoms with van der Waals surface area (Å²) in [7, 11) is 1.52. The number of halogens is 1. The Balaban J connectivity index is 1.44. The highest BCUT2D eigenvalue weighted by atomic mass is 19.1. The number of benzene rings is 1. The molecule has 0 spiro atoms. The summed E-state index contributed by atoms with van der Waals surface area (Å²) in [6, 6.07) is 5.68. The van der Waals surface area contributed by atoms with Crippen molar-refractivity contribution in [1.82, 2.24) is 20.2 Å². The van der Waals surface area contributed by atoms with E-state index < -0.39 is 22.8 Å². The van der Waals surface area contributed by atoms with Gasteiger partial charge < -0.3 is 15.7 Å². The molecule has 37 heavy (non-hydrogen) atoms. The zero-order valence-corrected chi connectivity index (χ0v) is 21.4. The second-order valence-electron chi connectivity index (χ2n) is 10.6. The van der Waals surface area contributed by atoms with Crippen LogP contribution in [0.25, 0.3) is 0 Å². The number of carbonyl (C=O) groups is 1. The minimum atomic E-state index is -0.880. The van der Waals surface area contributed by atoms with Gasteiger partial charge in [0.2, 0.25) is 5.75 Å². The van der Waals surface area contributed by atoms with Crippen molar-refractivity contribution in [2.75, 3.05) is 0 Å². The molecule has 2 aromatic rings. The number of nitrogens with zero attached hydrogens (tertiary/aromatic N) is 4. The summed E-state index contributed by atoms with van der Waals surface area (Å²) in [5.74, 6) is -0.734. The number of aromatic hydroxyl groups is 1. The third-order valence-corrected chi connectivity index (χ3v) is 7.41. The maximum absolute atomic E-state index is 13.2. The standard InChI is InChI=1S/C27H31FN6O3/c1-14-18-12-19(18)21(33-32-14)20(16-6-5-7-16)31-27(2,3)26-30-22(23(35)25(37)34(26)4)24(36)29-13-15-8-10-17(28)11-9-15/h8-11,18-19,31,35H,5-7,12-13H2,1-4H3,(H,29,36). The predicted molar refractivity (Wildman–Crippen MR) is 138 cm³/mol. The largest absolute Gasteiger partial charge is 0.501 e. The molecule has 9 nitrogen and oxygen atoms in total. The van der Waals surface area contributed by atoms with Gasteiger partial charge in [-0.15, -0.1) is 0 Å². The summed E-state index contributed by atoms with van der Waals surface area (Å²) in [4.78, 5) is 30.3.